The highest BCUT2D eigenvalue weighted by molar-refractivity contribution is 5.76. The average Bonchev–Trinajstić information content (AvgIpc) is 3.17. The molecule has 28 heavy (non-hydrogen) atoms. The number of rotatable bonds is 8. The van der Waals surface area contributed by atoms with Crippen LogP contribution in [0.2, 0.25) is 0 Å². The van der Waals surface area contributed by atoms with E-state index in [2.05, 4.69) is 40.7 Å². The number of likely N-dealkylation sites (N-methyl/N-ethyl adjacent to an activating group) is 1. The van der Waals surface area contributed by atoms with Gasteiger partial charge in [0, 0.05) is 38.5 Å². The van der Waals surface area contributed by atoms with E-state index in [0.29, 0.717) is 11.8 Å². The van der Waals surface area contributed by atoms with Crippen LogP contribution in [-0.4, -0.2) is 73.0 Å². The summed E-state index contributed by atoms with van der Waals surface area (Å²) < 4.78 is 5.76. The standard InChI is InChI=1S/C23H39N3O2/c1-4-24-15-17-26(18-16-24)23(27)8-6-21-10-13-25(14-11-21)12-9-19(2)22-7-5-20(3)28-22/h5,7,19,21H,4,6,8-18H2,1-3H3. The molecule has 1 aromatic rings. The quantitative estimate of drug-likeness (QED) is 0.679. The smallest absolute Gasteiger partial charge is 0.222 e. The molecule has 0 radical (unpaired) electrons. The lowest BCUT2D eigenvalue weighted by atomic mass is 9.91. The summed E-state index contributed by atoms with van der Waals surface area (Å²) in [5.74, 6) is 3.70. The number of furan rings is 1. The van der Waals surface area contributed by atoms with Gasteiger partial charge in [-0.3, -0.25) is 4.79 Å². The molecule has 3 heterocycles. The summed E-state index contributed by atoms with van der Waals surface area (Å²) in [5.41, 5.74) is 0. The van der Waals surface area contributed by atoms with Crippen LogP contribution in [0.25, 0.3) is 0 Å². The maximum atomic E-state index is 12.5. The molecule has 3 rings (SSSR count). The molecule has 0 N–H and O–H groups in total. The number of piperidine rings is 1. The molecule has 2 aliphatic rings. The van der Waals surface area contributed by atoms with E-state index in [1.807, 2.05) is 6.92 Å². The van der Waals surface area contributed by atoms with Crippen LogP contribution >= 0.6 is 0 Å². The minimum atomic E-state index is 0.376. The number of aryl methyl sites for hydroxylation is 1. The molecule has 1 atom stereocenters. The average molecular weight is 390 g/mol. The van der Waals surface area contributed by atoms with Crippen molar-refractivity contribution in [1.82, 2.24) is 14.7 Å². The lowest BCUT2D eigenvalue weighted by Gasteiger charge is -2.35. The monoisotopic (exact) mass is 389 g/mol. The summed E-state index contributed by atoms with van der Waals surface area (Å²) >= 11 is 0. The van der Waals surface area contributed by atoms with Gasteiger partial charge >= 0.3 is 0 Å². The summed E-state index contributed by atoms with van der Waals surface area (Å²) in [6, 6.07) is 4.17. The molecular formula is C23H39N3O2. The van der Waals surface area contributed by atoms with Gasteiger partial charge in [0.05, 0.1) is 0 Å². The number of carbonyl (C=O) groups is 1. The number of hydrogen-bond acceptors (Lipinski definition) is 4. The van der Waals surface area contributed by atoms with Gasteiger partial charge in [-0.15, -0.1) is 0 Å². The minimum Gasteiger partial charge on any atom is -0.466 e. The first-order valence-electron chi connectivity index (χ1n) is 11.3. The number of carbonyl (C=O) groups excluding carboxylic acids is 1. The zero-order valence-electron chi connectivity index (χ0n) is 18.2. The maximum absolute atomic E-state index is 12.5. The third-order valence-corrected chi connectivity index (χ3v) is 6.77. The fraction of sp³-hybridized carbons (Fsp3) is 0.783. The normalized spacial score (nSPS) is 21.2. The summed E-state index contributed by atoms with van der Waals surface area (Å²) in [4.78, 5) is 19.6. The van der Waals surface area contributed by atoms with E-state index in [0.717, 1.165) is 76.0 Å². The van der Waals surface area contributed by atoms with Gasteiger partial charge in [-0.05, 0) is 76.8 Å². The Morgan fingerprint density at radius 3 is 2.43 bits per heavy atom. The summed E-state index contributed by atoms with van der Waals surface area (Å²) in [6.07, 6.45) is 5.45. The van der Waals surface area contributed by atoms with Gasteiger partial charge in [-0.1, -0.05) is 13.8 Å². The van der Waals surface area contributed by atoms with E-state index < -0.39 is 0 Å². The largest absolute Gasteiger partial charge is 0.466 e. The topological polar surface area (TPSA) is 39.9 Å². The van der Waals surface area contributed by atoms with Gasteiger partial charge in [0.15, 0.2) is 0 Å². The van der Waals surface area contributed by atoms with E-state index in [1.54, 1.807) is 0 Å². The predicted molar refractivity (Wildman–Crippen MR) is 114 cm³/mol. The number of nitrogens with zero attached hydrogens (tertiary/aromatic N) is 3. The molecule has 5 heteroatoms. The molecule has 1 unspecified atom stereocenters. The predicted octanol–water partition coefficient (Wildman–Crippen LogP) is 3.74. The van der Waals surface area contributed by atoms with E-state index in [1.165, 1.54) is 25.9 Å². The van der Waals surface area contributed by atoms with Crippen LogP contribution in [0.4, 0.5) is 0 Å². The first-order valence-corrected chi connectivity index (χ1v) is 11.3. The molecule has 0 aromatic carbocycles. The molecule has 158 valence electrons. The van der Waals surface area contributed by atoms with Crippen LogP contribution in [0.1, 0.15) is 63.4 Å². The van der Waals surface area contributed by atoms with Crippen molar-refractivity contribution < 1.29 is 9.21 Å². The molecule has 5 nitrogen and oxygen atoms in total. The van der Waals surface area contributed by atoms with Crippen molar-refractivity contribution in [2.45, 2.75) is 58.8 Å². The van der Waals surface area contributed by atoms with Gasteiger partial charge in [-0.25, -0.2) is 0 Å². The van der Waals surface area contributed by atoms with Gasteiger partial charge in [0.2, 0.25) is 5.91 Å². The lowest BCUT2D eigenvalue weighted by Crippen LogP contribution is -2.48. The zero-order chi connectivity index (χ0) is 19.9. The highest BCUT2D eigenvalue weighted by Gasteiger charge is 2.23. The molecule has 0 saturated carbocycles. The second kappa shape index (κ2) is 10.4. The van der Waals surface area contributed by atoms with Gasteiger partial charge in [0.25, 0.3) is 0 Å². The van der Waals surface area contributed by atoms with Crippen LogP contribution in [0.3, 0.4) is 0 Å². The second-order valence-corrected chi connectivity index (χ2v) is 8.78. The van der Waals surface area contributed by atoms with Crippen LogP contribution in [0, 0.1) is 12.8 Å². The van der Waals surface area contributed by atoms with E-state index >= 15 is 0 Å². The van der Waals surface area contributed by atoms with E-state index in [4.69, 9.17) is 4.42 Å². The van der Waals surface area contributed by atoms with Crippen LogP contribution in [0.5, 0.6) is 0 Å². The van der Waals surface area contributed by atoms with Crippen LogP contribution in [-0.2, 0) is 4.79 Å². The Balaban J connectivity index is 1.29. The van der Waals surface area contributed by atoms with Gasteiger partial charge in [0.1, 0.15) is 11.5 Å². The molecule has 1 aromatic heterocycles. The van der Waals surface area contributed by atoms with E-state index in [-0.39, 0.29) is 0 Å². The summed E-state index contributed by atoms with van der Waals surface area (Å²) in [6.45, 7) is 15.0. The Bertz CT molecular complexity index is 599. The third-order valence-electron chi connectivity index (χ3n) is 6.77. The fourth-order valence-electron chi connectivity index (χ4n) is 4.53. The summed E-state index contributed by atoms with van der Waals surface area (Å²) in [5, 5.41) is 0. The number of hydrogen-bond donors (Lipinski definition) is 0. The molecule has 0 bridgehead atoms. The number of amides is 1. The number of piperazine rings is 1. The molecule has 0 spiro atoms. The molecule has 0 aliphatic carbocycles. The van der Waals surface area contributed by atoms with Crippen molar-refractivity contribution in [2.75, 3.05) is 52.4 Å². The molecule has 1 amide bonds. The summed E-state index contributed by atoms with van der Waals surface area (Å²) in [7, 11) is 0. The first kappa shape index (κ1) is 21.4. The highest BCUT2D eigenvalue weighted by Crippen LogP contribution is 2.25. The second-order valence-electron chi connectivity index (χ2n) is 8.78. The first-order chi connectivity index (χ1) is 13.5. The highest BCUT2D eigenvalue weighted by atomic mass is 16.3. The molecule has 2 saturated heterocycles. The molecular weight excluding hydrogens is 350 g/mol. The zero-order valence-corrected chi connectivity index (χ0v) is 18.2. The SMILES string of the molecule is CCN1CCN(C(=O)CCC2CCN(CCC(C)c3ccc(C)o3)CC2)CC1. The fourth-order valence-corrected chi connectivity index (χ4v) is 4.53. The molecule has 2 fully saturated rings. The van der Waals surface area contributed by atoms with Gasteiger partial charge < -0.3 is 19.1 Å². The van der Waals surface area contributed by atoms with Crippen molar-refractivity contribution in [3.05, 3.63) is 23.7 Å². The Labute approximate surface area is 171 Å². The Morgan fingerprint density at radius 2 is 1.82 bits per heavy atom. The van der Waals surface area contributed by atoms with Crippen molar-refractivity contribution in [3.8, 4) is 0 Å². The van der Waals surface area contributed by atoms with Crippen molar-refractivity contribution >= 4 is 5.91 Å². The van der Waals surface area contributed by atoms with E-state index in [9.17, 15) is 4.79 Å². The van der Waals surface area contributed by atoms with Gasteiger partial charge in [-0.2, -0.15) is 0 Å². The Hall–Kier alpha value is -1.33. The molecule has 2 aliphatic heterocycles. The lowest BCUT2D eigenvalue weighted by molar-refractivity contribution is -0.133. The Kier molecular flexibility index (Phi) is 7.98. The van der Waals surface area contributed by atoms with Crippen LogP contribution < -0.4 is 0 Å². The van der Waals surface area contributed by atoms with Crippen LogP contribution in [0.15, 0.2) is 16.5 Å². The number of likely N-dealkylation sites (tertiary alicyclic amines) is 1. The van der Waals surface area contributed by atoms with Crippen molar-refractivity contribution in [1.29, 1.82) is 0 Å². The minimum absolute atomic E-state index is 0.376. The van der Waals surface area contributed by atoms with Crippen molar-refractivity contribution in [3.63, 3.8) is 0 Å². The maximum Gasteiger partial charge on any atom is 0.222 e. The third kappa shape index (κ3) is 6.08. The van der Waals surface area contributed by atoms with Crippen molar-refractivity contribution in [2.24, 2.45) is 5.92 Å². The Morgan fingerprint density at radius 1 is 1.11 bits per heavy atom.